The number of benzene rings is 3. The van der Waals surface area contributed by atoms with Crippen molar-refractivity contribution < 1.29 is 9.13 Å². The van der Waals surface area contributed by atoms with Crippen LogP contribution in [0.5, 0.6) is 5.75 Å². The number of nitrogens with zero attached hydrogens (tertiary/aromatic N) is 5. The van der Waals surface area contributed by atoms with Gasteiger partial charge in [0.15, 0.2) is 5.16 Å². The molecule has 0 N–H and O–H groups in total. The molecule has 162 valence electrons. The summed E-state index contributed by atoms with van der Waals surface area (Å²) in [6.07, 6.45) is 0. The molecule has 0 radical (unpaired) electrons. The highest BCUT2D eigenvalue weighted by atomic mass is 32.2. The molecule has 0 aliphatic rings. The summed E-state index contributed by atoms with van der Waals surface area (Å²) in [5.74, 6) is 0.782. The molecule has 0 fully saturated rings. The van der Waals surface area contributed by atoms with Crippen LogP contribution < -0.4 is 10.3 Å². The Balaban J connectivity index is 1.67. The molecule has 9 heteroatoms. The van der Waals surface area contributed by atoms with Gasteiger partial charge in [-0.2, -0.15) is 5.26 Å². The standard InChI is InChI=1S/C24H16FN5O2S/c1-32-18-6-4-5-17(12-18)29-22(31)19-7-2-3-8-21(19)30-23(29)27-28-24(30)33-14-16-10-9-15(13-26)11-20(16)25/h2-12H,14H2,1H3. The van der Waals surface area contributed by atoms with Gasteiger partial charge in [-0.05, 0) is 42.0 Å². The third-order valence-corrected chi connectivity index (χ3v) is 6.22. The number of thioether (sulfide) groups is 1. The van der Waals surface area contributed by atoms with Crippen molar-refractivity contribution in [2.45, 2.75) is 10.9 Å². The Morgan fingerprint density at radius 1 is 1.09 bits per heavy atom. The minimum Gasteiger partial charge on any atom is -0.497 e. The maximum atomic E-state index is 14.4. The van der Waals surface area contributed by atoms with Gasteiger partial charge >= 0.3 is 0 Å². The zero-order valence-corrected chi connectivity index (χ0v) is 18.2. The van der Waals surface area contributed by atoms with Crippen LogP contribution >= 0.6 is 11.8 Å². The molecule has 33 heavy (non-hydrogen) atoms. The van der Waals surface area contributed by atoms with Crippen LogP contribution in [-0.4, -0.2) is 26.3 Å². The first-order valence-corrected chi connectivity index (χ1v) is 10.9. The SMILES string of the molecule is COc1cccc(-n2c(=O)c3ccccc3n3c(SCc4ccc(C#N)cc4F)nnc23)c1. The molecule has 0 spiro atoms. The molecule has 2 heterocycles. The quantitative estimate of drug-likeness (QED) is 0.365. The first-order valence-electron chi connectivity index (χ1n) is 9.95. The van der Waals surface area contributed by atoms with Gasteiger partial charge in [0.05, 0.1) is 35.3 Å². The van der Waals surface area contributed by atoms with Crippen LogP contribution in [-0.2, 0) is 5.75 Å². The Bertz CT molecular complexity index is 1620. The number of rotatable bonds is 5. The zero-order chi connectivity index (χ0) is 22.9. The molecule has 2 aromatic heterocycles. The van der Waals surface area contributed by atoms with Crippen LogP contribution in [0.3, 0.4) is 0 Å². The molecule has 5 rings (SSSR count). The van der Waals surface area contributed by atoms with Crippen LogP contribution in [0.15, 0.2) is 76.7 Å². The van der Waals surface area contributed by atoms with Gasteiger partial charge in [-0.3, -0.25) is 9.20 Å². The summed E-state index contributed by atoms with van der Waals surface area (Å²) in [4.78, 5) is 13.4. The molecule has 0 atom stereocenters. The van der Waals surface area contributed by atoms with Crippen LogP contribution in [0.4, 0.5) is 4.39 Å². The molecule has 3 aromatic carbocycles. The molecule has 0 aliphatic heterocycles. The van der Waals surface area contributed by atoms with Gasteiger partial charge in [0.1, 0.15) is 11.6 Å². The summed E-state index contributed by atoms with van der Waals surface area (Å²) in [6.45, 7) is 0. The maximum Gasteiger partial charge on any atom is 0.267 e. The number of ether oxygens (including phenoxy) is 1. The fourth-order valence-electron chi connectivity index (χ4n) is 3.63. The Kier molecular flexibility index (Phi) is 5.28. The van der Waals surface area contributed by atoms with Gasteiger partial charge in [-0.15, -0.1) is 10.2 Å². The highest BCUT2D eigenvalue weighted by Gasteiger charge is 2.18. The number of aromatic nitrogens is 4. The third kappa shape index (κ3) is 3.60. The predicted molar refractivity (Wildman–Crippen MR) is 123 cm³/mol. The number of halogens is 1. The highest BCUT2D eigenvalue weighted by Crippen LogP contribution is 2.27. The van der Waals surface area contributed by atoms with Crippen molar-refractivity contribution in [3.05, 3.63) is 94.0 Å². The smallest absolute Gasteiger partial charge is 0.267 e. The number of methoxy groups -OCH3 is 1. The van der Waals surface area contributed by atoms with E-state index in [9.17, 15) is 9.18 Å². The first-order chi connectivity index (χ1) is 16.1. The average Bonchev–Trinajstić information content (AvgIpc) is 3.27. The lowest BCUT2D eigenvalue weighted by Crippen LogP contribution is -2.21. The van der Waals surface area contributed by atoms with Crippen LogP contribution in [0, 0.1) is 17.1 Å². The van der Waals surface area contributed by atoms with Crippen LogP contribution in [0.25, 0.3) is 22.4 Å². The van der Waals surface area contributed by atoms with E-state index in [1.165, 1.54) is 22.4 Å². The predicted octanol–water partition coefficient (Wildman–Crippen LogP) is 4.35. The van der Waals surface area contributed by atoms with Crippen molar-refractivity contribution in [2.75, 3.05) is 7.11 Å². The normalized spacial score (nSPS) is 11.1. The van der Waals surface area contributed by atoms with E-state index in [0.29, 0.717) is 38.8 Å². The molecule has 0 saturated carbocycles. The van der Waals surface area contributed by atoms with E-state index >= 15 is 0 Å². The summed E-state index contributed by atoms with van der Waals surface area (Å²) in [5, 5.41) is 18.6. The summed E-state index contributed by atoms with van der Waals surface area (Å²) in [6, 6.07) is 20.7. The Hall–Kier alpha value is -4.16. The van der Waals surface area contributed by atoms with Gasteiger partial charge in [0.2, 0.25) is 5.78 Å². The number of fused-ring (bicyclic) bond motifs is 3. The van der Waals surface area contributed by atoms with E-state index in [4.69, 9.17) is 10.00 Å². The molecule has 7 nitrogen and oxygen atoms in total. The van der Waals surface area contributed by atoms with E-state index in [1.54, 1.807) is 60.0 Å². The van der Waals surface area contributed by atoms with Crippen LogP contribution in [0.2, 0.25) is 0 Å². The third-order valence-electron chi connectivity index (χ3n) is 5.25. The first kappa shape index (κ1) is 20.7. The minimum absolute atomic E-state index is 0.228. The molecular formula is C24H16FN5O2S. The van der Waals surface area contributed by atoms with Crippen molar-refractivity contribution in [3.63, 3.8) is 0 Å². The fourth-order valence-corrected chi connectivity index (χ4v) is 4.56. The summed E-state index contributed by atoms with van der Waals surface area (Å²) < 4.78 is 23.0. The zero-order valence-electron chi connectivity index (χ0n) is 17.4. The number of hydrogen-bond acceptors (Lipinski definition) is 6. The molecule has 0 aliphatic carbocycles. The lowest BCUT2D eigenvalue weighted by Gasteiger charge is -2.12. The lowest BCUT2D eigenvalue weighted by molar-refractivity contribution is 0.414. The monoisotopic (exact) mass is 457 g/mol. The van der Waals surface area contributed by atoms with Gasteiger partial charge in [0.25, 0.3) is 5.56 Å². The number of para-hydroxylation sites is 1. The van der Waals surface area contributed by atoms with E-state index < -0.39 is 5.82 Å². The summed E-state index contributed by atoms with van der Waals surface area (Å²) >= 11 is 1.30. The van der Waals surface area contributed by atoms with E-state index in [1.807, 2.05) is 18.2 Å². The Labute approximate surface area is 191 Å². The van der Waals surface area contributed by atoms with Gasteiger partial charge in [-0.25, -0.2) is 8.96 Å². The highest BCUT2D eigenvalue weighted by molar-refractivity contribution is 7.98. The summed E-state index contributed by atoms with van der Waals surface area (Å²) in [7, 11) is 1.56. The largest absolute Gasteiger partial charge is 0.497 e. The van der Waals surface area contributed by atoms with E-state index in [0.717, 1.165) is 0 Å². The average molecular weight is 457 g/mol. The van der Waals surface area contributed by atoms with E-state index in [2.05, 4.69) is 10.2 Å². The van der Waals surface area contributed by atoms with Gasteiger partial charge < -0.3 is 4.74 Å². The fraction of sp³-hybridized carbons (Fsp3) is 0.0833. The van der Waals surface area contributed by atoms with Crippen molar-refractivity contribution >= 4 is 28.4 Å². The number of nitriles is 1. The lowest BCUT2D eigenvalue weighted by atomic mass is 10.1. The molecule has 0 amide bonds. The van der Waals surface area contributed by atoms with Gasteiger partial charge in [-0.1, -0.05) is 36.0 Å². The second-order valence-electron chi connectivity index (χ2n) is 7.18. The van der Waals surface area contributed by atoms with Crippen molar-refractivity contribution in [1.82, 2.24) is 19.2 Å². The molecule has 0 saturated heterocycles. The summed E-state index contributed by atoms with van der Waals surface area (Å²) in [5.41, 5.74) is 1.73. The van der Waals surface area contributed by atoms with Crippen molar-refractivity contribution in [3.8, 4) is 17.5 Å². The molecule has 5 aromatic rings. The van der Waals surface area contributed by atoms with Crippen molar-refractivity contribution in [1.29, 1.82) is 5.26 Å². The Morgan fingerprint density at radius 2 is 1.94 bits per heavy atom. The minimum atomic E-state index is -0.450. The van der Waals surface area contributed by atoms with E-state index in [-0.39, 0.29) is 16.9 Å². The maximum absolute atomic E-state index is 14.4. The second kappa shape index (κ2) is 8.41. The van der Waals surface area contributed by atoms with Crippen molar-refractivity contribution in [2.24, 2.45) is 0 Å². The molecule has 0 unspecified atom stereocenters. The van der Waals surface area contributed by atoms with Gasteiger partial charge in [0, 0.05) is 11.8 Å². The van der Waals surface area contributed by atoms with Crippen LogP contribution in [0.1, 0.15) is 11.1 Å². The molecule has 0 bridgehead atoms. The number of hydrogen-bond donors (Lipinski definition) is 0. The topological polar surface area (TPSA) is 85.2 Å². The second-order valence-corrected chi connectivity index (χ2v) is 8.13. The Morgan fingerprint density at radius 3 is 2.73 bits per heavy atom. The molecular weight excluding hydrogens is 441 g/mol.